The summed E-state index contributed by atoms with van der Waals surface area (Å²) >= 11 is 0. The SMILES string of the molecule is CCN(CC)c1ccc(C(=CC=CC(=C2C=CC([NH+](CC)CC)C=C2)c2ccc(N(CC)CC)cc2)c2ccc(N(CC)CC)cc2)cc1. The van der Waals surface area contributed by atoms with E-state index in [4.69, 9.17) is 0 Å². The van der Waals surface area contributed by atoms with Gasteiger partial charge in [-0.2, -0.15) is 0 Å². The van der Waals surface area contributed by atoms with Crippen molar-refractivity contribution < 1.29 is 4.90 Å². The molecule has 0 saturated carbocycles. The Hall–Kier alpha value is -4.28. The van der Waals surface area contributed by atoms with Gasteiger partial charge in [-0.05, 0) is 137 Å². The van der Waals surface area contributed by atoms with Crippen LogP contribution < -0.4 is 19.6 Å². The molecule has 0 saturated heterocycles. The summed E-state index contributed by atoms with van der Waals surface area (Å²) < 4.78 is 0. The van der Waals surface area contributed by atoms with E-state index in [2.05, 4.69) is 185 Å². The average Bonchev–Trinajstić information content (AvgIpc) is 3.15. The lowest BCUT2D eigenvalue weighted by molar-refractivity contribution is -0.908. The van der Waals surface area contributed by atoms with E-state index in [1.54, 1.807) is 4.90 Å². The molecule has 260 valence electrons. The van der Waals surface area contributed by atoms with Crippen LogP contribution in [0.1, 0.15) is 72.1 Å². The highest BCUT2D eigenvalue weighted by Gasteiger charge is 2.17. The molecule has 0 bridgehead atoms. The number of nitrogens with one attached hydrogen (secondary N) is 1. The van der Waals surface area contributed by atoms with E-state index >= 15 is 0 Å². The van der Waals surface area contributed by atoms with Crippen LogP contribution in [0.3, 0.4) is 0 Å². The lowest BCUT2D eigenvalue weighted by Crippen LogP contribution is -3.14. The van der Waals surface area contributed by atoms with E-state index in [0.717, 1.165) is 52.4 Å². The summed E-state index contributed by atoms with van der Waals surface area (Å²) in [6.45, 7) is 26.1. The Morgan fingerprint density at radius 3 is 1.24 bits per heavy atom. The molecule has 49 heavy (non-hydrogen) atoms. The smallest absolute Gasteiger partial charge is 0.125 e. The van der Waals surface area contributed by atoms with Crippen LogP contribution in [-0.2, 0) is 0 Å². The minimum Gasteiger partial charge on any atom is -0.372 e. The molecule has 0 heterocycles. The van der Waals surface area contributed by atoms with Gasteiger partial charge in [0.05, 0.1) is 13.1 Å². The van der Waals surface area contributed by atoms with E-state index in [9.17, 15) is 0 Å². The zero-order valence-corrected chi connectivity index (χ0v) is 31.5. The number of likely N-dealkylation sites (N-methyl/N-ethyl adjacent to an activating group) is 1. The van der Waals surface area contributed by atoms with Crippen molar-refractivity contribution in [2.24, 2.45) is 0 Å². The summed E-state index contributed by atoms with van der Waals surface area (Å²) in [5.74, 6) is 0. The number of hydrogen-bond acceptors (Lipinski definition) is 3. The molecule has 0 unspecified atom stereocenters. The molecule has 3 aromatic rings. The van der Waals surface area contributed by atoms with Gasteiger partial charge in [0.25, 0.3) is 0 Å². The van der Waals surface area contributed by atoms with E-state index in [1.165, 1.54) is 50.5 Å². The second-order valence-electron chi connectivity index (χ2n) is 12.6. The molecule has 4 nitrogen and oxygen atoms in total. The first-order chi connectivity index (χ1) is 23.9. The van der Waals surface area contributed by atoms with Gasteiger partial charge < -0.3 is 19.6 Å². The van der Waals surface area contributed by atoms with Crippen LogP contribution in [0.25, 0.3) is 11.1 Å². The lowest BCUT2D eigenvalue weighted by atomic mass is 9.93. The minimum absolute atomic E-state index is 0.416. The maximum absolute atomic E-state index is 2.40. The minimum atomic E-state index is 0.416. The summed E-state index contributed by atoms with van der Waals surface area (Å²) in [6, 6.07) is 27.7. The number of hydrogen-bond donors (Lipinski definition) is 1. The molecular formula is C45H61N4+. The number of nitrogens with zero attached hydrogens (tertiary/aromatic N) is 3. The number of rotatable bonds is 17. The standard InChI is InChI=1S/C45H60N4/c1-9-46(10-2)40-28-20-36(21-29-40)44(37-22-30-41(31-23-37)47(11-3)12-4)18-17-19-45(38-24-32-42(33-25-38)48(13-5)14-6)39-26-34-43(35-27-39)49(15-7)16-8/h17-35,40H,9-16H2,1-8H3/p+1. The molecule has 4 rings (SSSR count). The molecule has 4 heteroatoms. The number of anilines is 3. The van der Waals surface area contributed by atoms with Crippen LogP contribution in [0.2, 0.25) is 0 Å². The Morgan fingerprint density at radius 2 is 0.898 bits per heavy atom. The molecule has 0 atom stereocenters. The lowest BCUT2D eigenvalue weighted by Gasteiger charge is -2.24. The zero-order chi connectivity index (χ0) is 35.2. The maximum Gasteiger partial charge on any atom is 0.125 e. The number of quaternary nitrogens is 1. The van der Waals surface area contributed by atoms with Gasteiger partial charge in [0.15, 0.2) is 0 Å². The van der Waals surface area contributed by atoms with Crippen LogP contribution in [-0.4, -0.2) is 58.4 Å². The highest BCUT2D eigenvalue weighted by atomic mass is 15.1. The van der Waals surface area contributed by atoms with Crippen molar-refractivity contribution in [2.75, 3.05) is 67.1 Å². The zero-order valence-electron chi connectivity index (χ0n) is 31.5. The average molecular weight is 658 g/mol. The van der Waals surface area contributed by atoms with Crippen LogP contribution in [0, 0.1) is 0 Å². The normalized spacial score (nSPS) is 14.1. The van der Waals surface area contributed by atoms with Crippen molar-refractivity contribution in [2.45, 2.75) is 61.4 Å². The monoisotopic (exact) mass is 657 g/mol. The summed E-state index contributed by atoms with van der Waals surface area (Å²) in [6.07, 6.45) is 16.3. The van der Waals surface area contributed by atoms with Crippen molar-refractivity contribution in [3.63, 3.8) is 0 Å². The highest BCUT2D eigenvalue weighted by Crippen LogP contribution is 2.30. The molecule has 1 aliphatic rings. The molecule has 1 N–H and O–H groups in total. The number of benzene rings is 3. The third-order valence-electron chi connectivity index (χ3n) is 10.1. The third-order valence-corrected chi connectivity index (χ3v) is 10.1. The predicted octanol–water partition coefficient (Wildman–Crippen LogP) is 9.09. The van der Waals surface area contributed by atoms with E-state index in [1.807, 2.05) is 0 Å². The summed E-state index contributed by atoms with van der Waals surface area (Å²) in [4.78, 5) is 8.77. The van der Waals surface area contributed by atoms with Crippen molar-refractivity contribution in [3.05, 3.63) is 138 Å². The molecule has 0 amide bonds. The first-order valence-corrected chi connectivity index (χ1v) is 18.8. The van der Waals surface area contributed by atoms with Gasteiger partial charge in [-0.15, -0.1) is 0 Å². The van der Waals surface area contributed by atoms with Crippen LogP contribution >= 0.6 is 0 Å². The Morgan fingerprint density at radius 1 is 0.531 bits per heavy atom. The summed E-state index contributed by atoms with van der Waals surface area (Å²) in [7, 11) is 0. The van der Waals surface area contributed by atoms with Gasteiger partial charge in [0.2, 0.25) is 0 Å². The molecule has 1 aliphatic carbocycles. The fourth-order valence-electron chi connectivity index (χ4n) is 6.99. The first-order valence-electron chi connectivity index (χ1n) is 18.8. The van der Waals surface area contributed by atoms with Gasteiger partial charge in [0, 0.05) is 56.3 Å². The second kappa shape index (κ2) is 19.0. The number of allylic oxidation sites excluding steroid dienone is 7. The Kier molecular flexibility index (Phi) is 14.6. The fourth-order valence-corrected chi connectivity index (χ4v) is 6.99. The maximum atomic E-state index is 2.40. The molecule has 0 aromatic heterocycles. The molecule has 3 aromatic carbocycles. The Bertz CT molecular complexity index is 1500. The van der Waals surface area contributed by atoms with Crippen molar-refractivity contribution in [1.29, 1.82) is 0 Å². The van der Waals surface area contributed by atoms with Gasteiger partial charge in [-0.1, -0.05) is 66.8 Å². The van der Waals surface area contributed by atoms with E-state index in [0.29, 0.717) is 6.04 Å². The first kappa shape index (κ1) is 37.5. The molecule has 0 spiro atoms. The Balaban J connectivity index is 1.79. The van der Waals surface area contributed by atoms with Gasteiger partial charge >= 0.3 is 0 Å². The van der Waals surface area contributed by atoms with Crippen molar-refractivity contribution >= 4 is 28.2 Å². The Labute approximate surface area is 298 Å². The second-order valence-corrected chi connectivity index (χ2v) is 12.6. The molecule has 0 radical (unpaired) electrons. The molecular weight excluding hydrogens is 597 g/mol. The van der Waals surface area contributed by atoms with Crippen LogP contribution in [0.5, 0.6) is 0 Å². The topological polar surface area (TPSA) is 14.2 Å². The largest absolute Gasteiger partial charge is 0.372 e. The van der Waals surface area contributed by atoms with Crippen LogP contribution in [0.15, 0.2) is 121 Å². The van der Waals surface area contributed by atoms with Crippen molar-refractivity contribution in [3.8, 4) is 0 Å². The van der Waals surface area contributed by atoms with Crippen molar-refractivity contribution in [1.82, 2.24) is 0 Å². The molecule has 0 aliphatic heterocycles. The third kappa shape index (κ3) is 9.45. The molecule has 0 fully saturated rings. The van der Waals surface area contributed by atoms with E-state index in [-0.39, 0.29) is 0 Å². The summed E-state index contributed by atoms with van der Waals surface area (Å²) in [5, 5.41) is 0. The van der Waals surface area contributed by atoms with Crippen LogP contribution in [0.4, 0.5) is 17.1 Å². The highest BCUT2D eigenvalue weighted by molar-refractivity contribution is 5.85. The van der Waals surface area contributed by atoms with Gasteiger partial charge in [-0.3, -0.25) is 0 Å². The predicted molar refractivity (Wildman–Crippen MR) is 217 cm³/mol. The van der Waals surface area contributed by atoms with E-state index < -0.39 is 0 Å². The fraction of sp³-hybridized carbons (Fsp3) is 0.378. The summed E-state index contributed by atoms with van der Waals surface area (Å²) in [5.41, 5.74) is 11.2. The van der Waals surface area contributed by atoms with Gasteiger partial charge in [0.1, 0.15) is 6.04 Å². The quantitative estimate of drug-likeness (QED) is 0.146. The van der Waals surface area contributed by atoms with Gasteiger partial charge in [-0.25, -0.2) is 0 Å².